The Bertz CT molecular complexity index is 945. The van der Waals surface area contributed by atoms with E-state index >= 15 is 0 Å². The van der Waals surface area contributed by atoms with Crippen LogP contribution in [0.15, 0.2) is 59.2 Å². The number of nitro benzene ring substituents is 1. The maximum absolute atomic E-state index is 12.9. The number of ether oxygens (including phenoxy) is 1. The molecule has 0 spiro atoms. The van der Waals surface area contributed by atoms with Crippen molar-refractivity contribution in [3.05, 3.63) is 75.3 Å². The SMILES string of the molecule is CCOC1=NN(c2ccc([N+](=O)[O-])cc2)C(=O)/C1=C/c1ccc(C(C)C)cc1. The van der Waals surface area contributed by atoms with E-state index in [2.05, 4.69) is 18.9 Å². The van der Waals surface area contributed by atoms with Gasteiger partial charge in [0, 0.05) is 12.1 Å². The average molecular weight is 379 g/mol. The monoisotopic (exact) mass is 379 g/mol. The summed E-state index contributed by atoms with van der Waals surface area (Å²) in [6.45, 7) is 6.42. The Morgan fingerprint density at radius 2 is 1.79 bits per heavy atom. The number of nitrogens with zero attached hydrogens (tertiary/aromatic N) is 3. The maximum atomic E-state index is 12.9. The second-order valence-electron chi connectivity index (χ2n) is 6.61. The third kappa shape index (κ3) is 3.93. The van der Waals surface area contributed by atoms with Crippen LogP contribution in [0.4, 0.5) is 11.4 Å². The highest BCUT2D eigenvalue weighted by molar-refractivity contribution is 6.30. The summed E-state index contributed by atoms with van der Waals surface area (Å²) in [7, 11) is 0. The standard InChI is InChI=1S/C21H21N3O4/c1-4-28-20-19(13-15-5-7-16(8-6-15)14(2)3)21(25)23(22-20)17-9-11-18(12-10-17)24(26)27/h5-14H,4H2,1-3H3/b19-13+. The first-order valence-corrected chi connectivity index (χ1v) is 9.03. The quantitative estimate of drug-likeness (QED) is 0.435. The fraction of sp³-hybridized carbons (Fsp3) is 0.238. The van der Waals surface area contributed by atoms with Gasteiger partial charge in [-0.15, -0.1) is 5.10 Å². The Labute approximate surface area is 163 Å². The first kappa shape index (κ1) is 19.3. The predicted octanol–water partition coefficient (Wildman–Crippen LogP) is 4.50. The van der Waals surface area contributed by atoms with E-state index < -0.39 is 4.92 Å². The van der Waals surface area contributed by atoms with Gasteiger partial charge in [-0.2, -0.15) is 5.01 Å². The van der Waals surface area contributed by atoms with Crippen LogP contribution >= 0.6 is 0 Å². The van der Waals surface area contributed by atoms with E-state index in [1.807, 2.05) is 31.2 Å². The molecule has 0 unspecified atom stereocenters. The van der Waals surface area contributed by atoms with Gasteiger partial charge in [-0.3, -0.25) is 14.9 Å². The number of hydrazone groups is 1. The number of amides is 1. The molecule has 0 bridgehead atoms. The molecule has 1 heterocycles. The van der Waals surface area contributed by atoms with Crippen LogP contribution < -0.4 is 5.01 Å². The highest BCUT2D eigenvalue weighted by Crippen LogP contribution is 2.27. The number of anilines is 1. The molecular weight excluding hydrogens is 358 g/mol. The van der Waals surface area contributed by atoms with Gasteiger partial charge in [-0.05, 0) is 42.2 Å². The number of rotatable bonds is 5. The predicted molar refractivity (Wildman–Crippen MR) is 108 cm³/mol. The summed E-state index contributed by atoms with van der Waals surface area (Å²) in [6.07, 6.45) is 1.74. The molecule has 0 aromatic heterocycles. The van der Waals surface area contributed by atoms with Crippen LogP contribution in [0.3, 0.4) is 0 Å². The third-order valence-electron chi connectivity index (χ3n) is 4.34. The maximum Gasteiger partial charge on any atom is 0.284 e. The number of hydrogen-bond donors (Lipinski definition) is 0. The molecule has 7 heteroatoms. The van der Waals surface area contributed by atoms with Gasteiger partial charge in [0.1, 0.15) is 5.57 Å². The lowest BCUT2D eigenvalue weighted by Gasteiger charge is -2.10. The van der Waals surface area contributed by atoms with E-state index in [4.69, 9.17) is 4.74 Å². The first-order valence-electron chi connectivity index (χ1n) is 9.03. The molecule has 1 amide bonds. The molecule has 1 aliphatic heterocycles. The van der Waals surface area contributed by atoms with Crippen molar-refractivity contribution in [1.29, 1.82) is 0 Å². The van der Waals surface area contributed by atoms with Gasteiger partial charge >= 0.3 is 0 Å². The molecular formula is C21H21N3O4. The molecule has 0 fully saturated rings. The Balaban J connectivity index is 1.92. The van der Waals surface area contributed by atoms with Crippen molar-refractivity contribution in [2.75, 3.05) is 11.6 Å². The second kappa shape index (κ2) is 8.04. The first-order chi connectivity index (χ1) is 13.4. The molecule has 7 nitrogen and oxygen atoms in total. The third-order valence-corrected chi connectivity index (χ3v) is 4.34. The average Bonchev–Trinajstić information content (AvgIpc) is 2.98. The van der Waals surface area contributed by atoms with E-state index in [0.717, 1.165) is 5.56 Å². The summed E-state index contributed by atoms with van der Waals surface area (Å²) in [5, 5.41) is 16.3. The summed E-state index contributed by atoms with van der Waals surface area (Å²) in [4.78, 5) is 23.3. The number of non-ortho nitro benzene ring substituents is 1. The zero-order valence-electron chi connectivity index (χ0n) is 16.0. The van der Waals surface area contributed by atoms with Crippen molar-refractivity contribution in [1.82, 2.24) is 0 Å². The molecule has 144 valence electrons. The van der Waals surface area contributed by atoms with Crippen molar-refractivity contribution in [2.24, 2.45) is 5.10 Å². The van der Waals surface area contributed by atoms with Crippen LogP contribution in [-0.2, 0) is 9.53 Å². The van der Waals surface area contributed by atoms with Gasteiger partial charge in [0.25, 0.3) is 11.6 Å². The van der Waals surface area contributed by atoms with E-state index in [9.17, 15) is 14.9 Å². The lowest BCUT2D eigenvalue weighted by molar-refractivity contribution is -0.384. The molecule has 1 aliphatic rings. The molecule has 28 heavy (non-hydrogen) atoms. The van der Waals surface area contributed by atoms with Crippen LogP contribution in [0.1, 0.15) is 37.8 Å². The highest BCUT2D eigenvalue weighted by Gasteiger charge is 2.32. The Kier molecular flexibility index (Phi) is 5.54. The van der Waals surface area contributed by atoms with Crippen LogP contribution in [0, 0.1) is 10.1 Å². The number of carbonyl (C=O) groups excluding carboxylic acids is 1. The topological polar surface area (TPSA) is 85.0 Å². The molecule has 2 aromatic carbocycles. The van der Waals surface area contributed by atoms with Crippen LogP contribution in [0.5, 0.6) is 0 Å². The van der Waals surface area contributed by atoms with Crippen molar-refractivity contribution in [3.63, 3.8) is 0 Å². The zero-order chi connectivity index (χ0) is 20.3. The normalized spacial score (nSPS) is 15.3. The van der Waals surface area contributed by atoms with E-state index in [-0.39, 0.29) is 17.5 Å². The Morgan fingerprint density at radius 3 is 2.32 bits per heavy atom. The number of hydrogen-bond acceptors (Lipinski definition) is 5. The molecule has 0 radical (unpaired) electrons. The van der Waals surface area contributed by atoms with Crippen molar-refractivity contribution in [2.45, 2.75) is 26.7 Å². The van der Waals surface area contributed by atoms with Gasteiger partial charge in [0.05, 0.1) is 17.2 Å². The Hall–Kier alpha value is -3.48. The number of benzene rings is 2. The minimum atomic E-state index is -0.489. The summed E-state index contributed by atoms with van der Waals surface area (Å²) in [6, 6.07) is 13.6. The summed E-state index contributed by atoms with van der Waals surface area (Å²) in [5.74, 6) is 0.317. The molecule has 0 saturated heterocycles. The molecule has 0 atom stereocenters. The largest absolute Gasteiger partial charge is 0.476 e. The number of nitro groups is 1. The lowest BCUT2D eigenvalue weighted by Crippen LogP contribution is -2.21. The van der Waals surface area contributed by atoms with Gasteiger partial charge in [0.2, 0.25) is 5.90 Å². The fourth-order valence-electron chi connectivity index (χ4n) is 2.80. The number of carbonyl (C=O) groups is 1. The molecule has 0 saturated carbocycles. The van der Waals surface area contributed by atoms with Crippen LogP contribution in [-0.4, -0.2) is 23.3 Å². The second-order valence-corrected chi connectivity index (χ2v) is 6.61. The minimum Gasteiger partial charge on any atom is -0.476 e. The van der Waals surface area contributed by atoms with Gasteiger partial charge in [-0.1, -0.05) is 38.1 Å². The van der Waals surface area contributed by atoms with Crippen LogP contribution in [0.2, 0.25) is 0 Å². The Morgan fingerprint density at radius 1 is 1.14 bits per heavy atom. The zero-order valence-corrected chi connectivity index (χ0v) is 16.0. The van der Waals surface area contributed by atoms with E-state index in [1.165, 1.54) is 34.8 Å². The van der Waals surface area contributed by atoms with Crippen molar-refractivity contribution >= 4 is 29.3 Å². The molecule has 0 N–H and O–H groups in total. The highest BCUT2D eigenvalue weighted by atomic mass is 16.6. The van der Waals surface area contributed by atoms with Crippen molar-refractivity contribution < 1.29 is 14.5 Å². The smallest absolute Gasteiger partial charge is 0.284 e. The summed E-state index contributed by atoms with van der Waals surface area (Å²) >= 11 is 0. The molecule has 3 rings (SSSR count). The van der Waals surface area contributed by atoms with Gasteiger partial charge in [-0.25, -0.2) is 0 Å². The molecule has 0 aliphatic carbocycles. The van der Waals surface area contributed by atoms with E-state index in [0.29, 0.717) is 23.8 Å². The van der Waals surface area contributed by atoms with Crippen LogP contribution in [0.25, 0.3) is 6.08 Å². The van der Waals surface area contributed by atoms with Gasteiger partial charge in [0.15, 0.2) is 0 Å². The lowest BCUT2D eigenvalue weighted by atomic mass is 10.0. The minimum absolute atomic E-state index is 0.0505. The van der Waals surface area contributed by atoms with Gasteiger partial charge < -0.3 is 4.74 Å². The van der Waals surface area contributed by atoms with Crippen molar-refractivity contribution in [3.8, 4) is 0 Å². The van der Waals surface area contributed by atoms with E-state index in [1.54, 1.807) is 6.08 Å². The summed E-state index contributed by atoms with van der Waals surface area (Å²) in [5.41, 5.74) is 2.81. The fourth-order valence-corrected chi connectivity index (χ4v) is 2.80. The summed E-state index contributed by atoms with van der Waals surface area (Å²) < 4.78 is 5.54. The molecule has 2 aromatic rings.